The van der Waals surface area contributed by atoms with Gasteiger partial charge in [0, 0.05) is 12.5 Å². The van der Waals surface area contributed by atoms with Crippen LogP contribution >= 0.6 is 0 Å². The number of hydrogen-bond acceptors (Lipinski definition) is 3. The van der Waals surface area contributed by atoms with E-state index >= 15 is 0 Å². The van der Waals surface area contributed by atoms with Crippen molar-refractivity contribution in [1.82, 2.24) is 4.98 Å². The van der Waals surface area contributed by atoms with Gasteiger partial charge in [-0.15, -0.1) is 0 Å². The molecule has 0 amide bonds. The molecule has 1 aromatic carbocycles. The van der Waals surface area contributed by atoms with Gasteiger partial charge in [-0.2, -0.15) is 0 Å². The number of carboxylic acids is 1. The topological polar surface area (TPSA) is 63.3 Å². The van der Waals surface area contributed by atoms with Crippen LogP contribution in [-0.4, -0.2) is 16.1 Å². The fourth-order valence-corrected chi connectivity index (χ4v) is 1.38. The minimum absolute atomic E-state index is 0.213. The quantitative estimate of drug-likeness (QED) is 0.877. The van der Waals surface area contributed by atoms with Crippen molar-refractivity contribution in [3.05, 3.63) is 41.7 Å². The van der Waals surface area contributed by atoms with Gasteiger partial charge in [-0.3, -0.25) is 0 Å². The summed E-state index contributed by atoms with van der Waals surface area (Å²) in [5, 5.41) is 8.89. The number of benzene rings is 1. The molecule has 110 valence electrons. The average Bonchev–Trinajstić information content (AvgIpc) is 2.86. The van der Waals surface area contributed by atoms with Crippen molar-refractivity contribution in [2.45, 2.75) is 34.6 Å². The first kappa shape index (κ1) is 17.8. The van der Waals surface area contributed by atoms with Gasteiger partial charge in [-0.25, -0.2) is 14.2 Å². The number of rotatable bonds is 2. The molecule has 0 spiro atoms. The number of aryl methyl sites for hydroxylation is 1. The summed E-state index contributed by atoms with van der Waals surface area (Å²) >= 11 is 0. The van der Waals surface area contributed by atoms with Crippen molar-refractivity contribution in [3.63, 3.8) is 0 Å². The SMILES string of the molecule is CC.CC.Cc1nc(-c2ccc(F)cc2)c(C(=O)O)o1. The second-order valence-electron chi connectivity index (χ2n) is 3.22. The van der Waals surface area contributed by atoms with Crippen LogP contribution in [0.15, 0.2) is 28.7 Å². The van der Waals surface area contributed by atoms with Gasteiger partial charge in [0.25, 0.3) is 0 Å². The van der Waals surface area contributed by atoms with E-state index in [0.717, 1.165) is 0 Å². The summed E-state index contributed by atoms with van der Waals surface area (Å²) in [6, 6.07) is 5.40. The standard InChI is InChI=1S/C11H8FNO3.2C2H6/c1-6-13-9(10(16-6)11(14)15)7-2-4-8(12)5-3-7;2*1-2/h2-5H,1H3,(H,14,15);2*1-2H3. The maximum atomic E-state index is 12.7. The molecule has 4 nitrogen and oxygen atoms in total. The molecule has 0 fully saturated rings. The molecule has 2 rings (SSSR count). The highest BCUT2D eigenvalue weighted by Gasteiger charge is 2.19. The highest BCUT2D eigenvalue weighted by atomic mass is 19.1. The van der Waals surface area contributed by atoms with Crippen LogP contribution in [-0.2, 0) is 0 Å². The van der Waals surface area contributed by atoms with Crippen molar-refractivity contribution in [2.24, 2.45) is 0 Å². The van der Waals surface area contributed by atoms with E-state index in [1.165, 1.54) is 24.3 Å². The molecule has 0 unspecified atom stereocenters. The largest absolute Gasteiger partial charge is 0.475 e. The molecule has 20 heavy (non-hydrogen) atoms. The predicted molar refractivity (Wildman–Crippen MR) is 76.3 cm³/mol. The van der Waals surface area contributed by atoms with Crippen LogP contribution in [0.3, 0.4) is 0 Å². The molecule has 1 heterocycles. The summed E-state index contributed by atoms with van der Waals surface area (Å²) in [6.45, 7) is 9.56. The third-order valence-corrected chi connectivity index (χ3v) is 2.05. The molecule has 0 saturated carbocycles. The van der Waals surface area contributed by atoms with E-state index in [9.17, 15) is 9.18 Å². The van der Waals surface area contributed by atoms with Crippen LogP contribution in [0.2, 0.25) is 0 Å². The van der Waals surface area contributed by atoms with E-state index in [2.05, 4.69) is 4.98 Å². The Kier molecular flexibility index (Phi) is 7.89. The maximum Gasteiger partial charge on any atom is 0.374 e. The number of halogens is 1. The summed E-state index contributed by atoms with van der Waals surface area (Å²) in [6.07, 6.45) is 0. The number of hydrogen-bond donors (Lipinski definition) is 1. The van der Waals surface area contributed by atoms with E-state index in [-0.39, 0.29) is 23.2 Å². The number of carboxylic acid groups (broad SMARTS) is 1. The molecule has 5 heteroatoms. The van der Waals surface area contributed by atoms with Gasteiger partial charge in [0.15, 0.2) is 5.89 Å². The Morgan fingerprint density at radius 1 is 1.15 bits per heavy atom. The molecule has 0 aliphatic carbocycles. The van der Waals surface area contributed by atoms with Gasteiger partial charge in [-0.05, 0) is 24.3 Å². The molecule has 1 aromatic heterocycles. The van der Waals surface area contributed by atoms with E-state index in [0.29, 0.717) is 5.56 Å². The Morgan fingerprint density at radius 2 is 1.65 bits per heavy atom. The fraction of sp³-hybridized carbons (Fsp3) is 0.333. The minimum Gasteiger partial charge on any atom is -0.475 e. The summed E-state index contributed by atoms with van der Waals surface area (Å²) in [5.74, 6) is -1.55. The Balaban J connectivity index is 0.000000829. The summed E-state index contributed by atoms with van der Waals surface area (Å²) < 4.78 is 17.7. The van der Waals surface area contributed by atoms with Crippen LogP contribution < -0.4 is 0 Å². The molecule has 0 atom stereocenters. The monoisotopic (exact) mass is 281 g/mol. The molecular formula is C15H20FNO3. The van der Waals surface area contributed by atoms with Crippen LogP contribution in [0.1, 0.15) is 44.1 Å². The number of carbonyl (C=O) groups is 1. The van der Waals surface area contributed by atoms with Crippen LogP contribution in [0.4, 0.5) is 4.39 Å². The molecule has 0 saturated heterocycles. The average molecular weight is 281 g/mol. The van der Waals surface area contributed by atoms with Crippen molar-refractivity contribution in [2.75, 3.05) is 0 Å². The molecule has 2 aromatic rings. The molecule has 0 aliphatic heterocycles. The number of nitrogens with zero attached hydrogens (tertiary/aromatic N) is 1. The Morgan fingerprint density at radius 3 is 2.10 bits per heavy atom. The number of aromatic carboxylic acids is 1. The third-order valence-electron chi connectivity index (χ3n) is 2.05. The van der Waals surface area contributed by atoms with Gasteiger partial charge >= 0.3 is 5.97 Å². The maximum absolute atomic E-state index is 12.7. The van der Waals surface area contributed by atoms with Crippen molar-refractivity contribution in [1.29, 1.82) is 0 Å². The first-order chi connectivity index (χ1) is 9.58. The lowest BCUT2D eigenvalue weighted by molar-refractivity contribution is 0.0662. The molecule has 0 radical (unpaired) electrons. The second-order valence-corrected chi connectivity index (χ2v) is 3.22. The van der Waals surface area contributed by atoms with Crippen LogP contribution in [0, 0.1) is 12.7 Å². The number of oxazole rings is 1. The fourth-order valence-electron chi connectivity index (χ4n) is 1.38. The van der Waals surface area contributed by atoms with E-state index < -0.39 is 5.97 Å². The first-order valence-corrected chi connectivity index (χ1v) is 6.54. The highest BCUT2D eigenvalue weighted by molar-refractivity contribution is 5.91. The van der Waals surface area contributed by atoms with Gasteiger partial charge in [-0.1, -0.05) is 27.7 Å². The predicted octanol–water partition coefficient (Wildman–Crippen LogP) is 4.54. The normalized spacial score (nSPS) is 8.90. The lowest BCUT2D eigenvalue weighted by atomic mass is 10.1. The van der Waals surface area contributed by atoms with Gasteiger partial charge in [0.1, 0.15) is 11.5 Å². The summed E-state index contributed by atoms with van der Waals surface area (Å²) in [4.78, 5) is 14.8. The van der Waals surface area contributed by atoms with E-state index in [1.54, 1.807) is 6.92 Å². The van der Waals surface area contributed by atoms with Crippen LogP contribution in [0.5, 0.6) is 0 Å². The zero-order chi connectivity index (χ0) is 15.7. The lowest BCUT2D eigenvalue weighted by Gasteiger charge is -1.96. The van der Waals surface area contributed by atoms with Crippen molar-refractivity contribution >= 4 is 5.97 Å². The van der Waals surface area contributed by atoms with Gasteiger partial charge in [0.2, 0.25) is 5.76 Å². The second kappa shape index (κ2) is 8.85. The Labute approximate surface area is 118 Å². The first-order valence-electron chi connectivity index (χ1n) is 6.54. The van der Waals surface area contributed by atoms with Crippen molar-refractivity contribution in [3.8, 4) is 11.3 Å². The summed E-state index contributed by atoms with van der Waals surface area (Å²) in [5.41, 5.74) is 0.723. The highest BCUT2D eigenvalue weighted by Crippen LogP contribution is 2.23. The van der Waals surface area contributed by atoms with Crippen LogP contribution in [0.25, 0.3) is 11.3 Å². The molecular weight excluding hydrogens is 261 g/mol. The Bertz CT molecular complexity index is 533. The number of aromatic nitrogens is 1. The lowest BCUT2D eigenvalue weighted by Crippen LogP contribution is -1.96. The van der Waals surface area contributed by atoms with Crippen molar-refractivity contribution < 1.29 is 18.7 Å². The zero-order valence-corrected chi connectivity index (χ0v) is 12.4. The Hall–Kier alpha value is -2.17. The molecule has 0 bridgehead atoms. The zero-order valence-electron chi connectivity index (χ0n) is 12.4. The van der Waals surface area contributed by atoms with Gasteiger partial charge < -0.3 is 9.52 Å². The van der Waals surface area contributed by atoms with E-state index in [1.807, 2.05) is 27.7 Å². The molecule has 0 aliphatic rings. The van der Waals surface area contributed by atoms with Gasteiger partial charge in [0.05, 0.1) is 0 Å². The summed E-state index contributed by atoms with van der Waals surface area (Å²) in [7, 11) is 0. The molecule has 1 N–H and O–H groups in total. The third kappa shape index (κ3) is 4.50. The smallest absolute Gasteiger partial charge is 0.374 e. The van der Waals surface area contributed by atoms with E-state index in [4.69, 9.17) is 9.52 Å². The minimum atomic E-state index is -1.19.